The molecule has 6 nitrogen and oxygen atoms in total. The number of anilines is 2. The second kappa shape index (κ2) is 4.08. The van der Waals surface area contributed by atoms with E-state index in [1.807, 2.05) is 0 Å². The van der Waals surface area contributed by atoms with Crippen LogP contribution in [0.1, 0.15) is 18.4 Å². The van der Waals surface area contributed by atoms with Crippen LogP contribution in [0.2, 0.25) is 0 Å². The zero-order chi connectivity index (χ0) is 13.6. The molecule has 0 radical (unpaired) electrons. The molecule has 0 spiro atoms. The number of nitrogen functional groups attached to an aromatic ring is 1. The van der Waals surface area contributed by atoms with Crippen LogP contribution in [0, 0.1) is 0 Å². The Balaban J connectivity index is 1.98. The van der Waals surface area contributed by atoms with Gasteiger partial charge >= 0.3 is 0 Å². The van der Waals surface area contributed by atoms with Gasteiger partial charge in [-0.2, -0.15) is 0 Å². The molecule has 3 rings (SSSR count). The summed E-state index contributed by atoms with van der Waals surface area (Å²) in [4.78, 5) is 36.6. The molecule has 0 saturated carbocycles. The molecule has 3 amide bonds. The average molecular weight is 259 g/mol. The van der Waals surface area contributed by atoms with Crippen molar-refractivity contribution in [2.45, 2.75) is 25.3 Å². The summed E-state index contributed by atoms with van der Waals surface area (Å²) in [6.07, 6.45) is 0.871. The summed E-state index contributed by atoms with van der Waals surface area (Å²) < 4.78 is 0. The number of carbonyl (C=O) groups is 3. The average Bonchev–Trinajstić information content (AvgIpc) is 2.65. The first-order chi connectivity index (χ1) is 9.06. The highest BCUT2D eigenvalue weighted by molar-refractivity contribution is 6.10. The minimum Gasteiger partial charge on any atom is -0.399 e. The van der Waals surface area contributed by atoms with E-state index in [-0.39, 0.29) is 24.7 Å². The topological polar surface area (TPSA) is 92.5 Å². The van der Waals surface area contributed by atoms with Gasteiger partial charge in [0.1, 0.15) is 6.04 Å². The van der Waals surface area contributed by atoms with Crippen molar-refractivity contribution in [2.75, 3.05) is 10.6 Å². The van der Waals surface area contributed by atoms with Crippen LogP contribution in [-0.4, -0.2) is 23.8 Å². The van der Waals surface area contributed by atoms with Gasteiger partial charge in [-0.1, -0.05) is 6.07 Å². The third-order valence-corrected chi connectivity index (χ3v) is 3.50. The largest absolute Gasteiger partial charge is 0.399 e. The van der Waals surface area contributed by atoms with E-state index in [1.165, 1.54) is 4.90 Å². The van der Waals surface area contributed by atoms with E-state index in [0.717, 1.165) is 5.56 Å². The molecule has 0 bridgehead atoms. The van der Waals surface area contributed by atoms with Crippen molar-refractivity contribution >= 4 is 29.1 Å². The van der Waals surface area contributed by atoms with Gasteiger partial charge in [-0.3, -0.25) is 24.6 Å². The summed E-state index contributed by atoms with van der Waals surface area (Å²) >= 11 is 0. The first kappa shape index (κ1) is 11.7. The Labute approximate surface area is 109 Å². The number of imide groups is 1. The smallest absolute Gasteiger partial charge is 0.249 e. The highest BCUT2D eigenvalue weighted by atomic mass is 16.2. The predicted octanol–water partition coefficient (Wildman–Crippen LogP) is -0.0369. The first-order valence-corrected chi connectivity index (χ1v) is 6.10. The molecular weight excluding hydrogens is 246 g/mol. The van der Waals surface area contributed by atoms with E-state index >= 15 is 0 Å². The molecule has 2 heterocycles. The molecule has 0 aromatic heterocycles. The van der Waals surface area contributed by atoms with Gasteiger partial charge in [-0.05, 0) is 24.1 Å². The van der Waals surface area contributed by atoms with Gasteiger partial charge < -0.3 is 5.73 Å². The van der Waals surface area contributed by atoms with Gasteiger partial charge in [-0.15, -0.1) is 0 Å². The number of nitrogens with two attached hydrogens (primary N) is 1. The maximum atomic E-state index is 12.1. The summed E-state index contributed by atoms with van der Waals surface area (Å²) in [5.41, 5.74) is 7.82. The fourth-order valence-corrected chi connectivity index (χ4v) is 2.61. The maximum absolute atomic E-state index is 12.1. The van der Waals surface area contributed by atoms with Crippen molar-refractivity contribution in [2.24, 2.45) is 0 Å². The van der Waals surface area contributed by atoms with Crippen LogP contribution >= 0.6 is 0 Å². The Bertz CT molecular complexity index is 597. The lowest BCUT2D eigenvalue weighted by atomic mass is 10.0. The molecule has 3 N–H and O–H groups in total. The molecule has 1 fully saturated rings. The summed E-state index contributed by atoms with van der Waals surface area (Å²) in [6.45, 7) is 0. The molecule has 6 heteroatoms. The second-order valence-electron chi connectivity index (χ2n) is 4.80. The van der Waals surface area contributed by atoms with Crippen LogP contribution in [-0.2, 0) is 20.8 Å². The van der Waals surface area contributed by atoms with E-state index in [1.54, 1.807) is 18.2 Å². The first-order valence-electron chi connectivity index (χ1n) is 6.10. The van der Waals surface area contributed by atoms with Gasteiger partial charge in [0.2, 0.25) is 17.7 Å². The van der Waals surface area contributed by atoms with Gasteiger partial charge in [-0.25, -0.2) is 0 Å². The second-order valence-corrected chi connectivity index (χ2v) is 4.80. The van der Waals surface area contributed by atoms with Crippen LogP contribution in [0.25, 0.3) is 0 Å². The summed E-state index contributed by atoms with van der Waals surface area (Å²) in [5.74, 6) is -0.837. The number of piperidine rings is 1. The lowest BCUT2D eigenvalue weighted by molar-refractivity contribution is -0.135. The van der Waals surface area contributed by atoms with Crippen molar-refractivity contribution in [3.63, 3.8) is 0 Å². The van der Waals surface area contributed by atoms with Gasteiger partial charge in [0.15, 0.2) is 0 Å². The van der Waals surface area contributed by atoms with E-state index in [2.05, 4.69) is 5.32 Å². The molecule has 1 atom stereocenters. The van der Waals surface area contributed by atoms with Gasteiger partial charge in [0.05, 0.1) is 12.1 Å². The van der Waals surface area contributed by atoms with Crippen LogP contribution in [0.15, 0.2) is 18.2 Å². The van der Waals surface area contributed by atoms with E-state index < -0.39 is 11.9 Å². The van der Waals surface area contributed by atoms with Crippen molar-refractivity contribution in [3.05, 3.63) is 23.8 Å². The zero-order valence-electron chi connectivity index (χ0n) is 10.2. The lowest BCUT2D eigenvalue weighted by Gasteiger charge is -2.30. The molecule has 2 aliphatic rings. The number of nitrogens with one attached hydrogen (secondary N) is 1. The number of nitrogens with zero attached hydrogens (tertiary/aromatic N) is 1. The third-order valence-electron chi connectivity index (χ3n) is 3.50. The minimum atomic E-state index is -0.617. The fraction of sp³-hybridized carbons (Fsp3) is 0.308. The van der Waals surface area contributed by atoms with E-state index in [4.69, 9.17) is 5.73 Å². The summed E-state index contributed by atoms with van der Waals surface area (Å²) in [5, 5.41) is 2.27. The Kier molecular flexibility index (Phi) is 2.51. The third kappa shape index (κ3) is 1.85. The van der Waals surface area contributed by atoms with Crippen molar-refractivity contribution in [3.8, 4) is 0 Å². The molecule has 1 saturated heterocycles. The molecule has 98 valence electrons. The molecule has 1 unspecified atom stereocenters. The number of benzene rings is 1. The van der Waals surface area contributed by atoms with Crippen molar-refractivity contribution < 1.29 is 14.4 Å². The molecule has 1 aromatic carbocycles. The summed E-state index contributed by atoms with van der Waals surface area (Å²) in [7, 11) is 0. The van der Waals surface area contributed by atoms with Crippen LogP contribution in [0.4, 0.5) is 11.4 Å². The maximum Gasteiger partial charge on any atom is 0.249 e. The Morgan fingerprint density at radius 3 is 2.79 bits per heavy atom. The highest BCUT2D eigenvalue weighted by Crippen LogP contribution is 2.33. The Morgan fingerprint density at radius 1 is 1.26 bits per heavy atom. The Morgan fingerprint density at radius 2 is 2.05 bits per heavy atom. The minimum absolute atomic E-state index is 0.130. The molecule has 19 heavy (non-hydrogen) atoms. The number of fused-ring (bicyclic) bond motifs is 1. The number of rotatable bonds is 1. The predicted molar refractivity (Wildman–Crippen MR) is 68.2 cm³/mol. The van der Waals surface area contributed by atoms with Crippen LogP contribution < -0.4 is 16.0 Å². The fourth-order valence-electron chi connectivity index (χ4n) is 2.61. The number of hydrogen-bond donors (Lipinski definition) is 2. The van der Waals surface area contributed by atoms with Crippen LogP contribution in [0.3, 0.4) is 0 Å². The monoisotopic (exact) mass is 259 g/mol. The Hall–Kier alpha value is -2.37. The normalized spacial score (nSPS) is 22.4. The number of hydrogen-bond acceptors (Lipinski definition) is 4. The zero-order valence-corrected chi connectivity index (χ0v) is 10.2. The molecule has 2 aliphatic heterocycles. The van der Waals surface area contributed by atoms with Crippen LogP contribution in [0.5, 0.6) is 0 Å². The quantitative estimate of drug-likeness (QED) is 0.547. The number of carbonyl (C=O) groups excluding carboxylic acids is 3. The summed E-state index contributed by atoms with van der Waals surface area (Å²) in [6, 6.07) is 4.62. The van der Waals surface area contributed by atoms with Gasteiger partial charge in [0.25, 0.3) is 0 Å². The molecular formula is C13H13N3O3. The number of amides is 3. The van der Waals surface area contributed by atoms with Crippen molar-refractivity contribution in [1.82, 2.24) is 5.32 Å². The lowest BCUT2D eigenvalue weighted by Crippen LogP contribution is -2.53. The SMILES string of the molecule is Nc1ccc2c(c1)N(C1CCC(=O)NC1=O)C(=O)C2. The highest BCUT2D eigenvalue weighted by Gasteiger charge is 2.39. The van der Waals surface area contributed by atoms with Crippen molar-refractivity contribution in [1.29, 1.82) is 0 Å². The van der Waals surface area contributed by atoms with E-state index in [0.29, 0.717) is 17.8 Å². The van der Waals surface area contributed by atoms with E-state index in [9.17, 15) is 14.4 Å². The molecule has 1 aromatic rings. The molecule has 0 aliphatic carbocycles. The standard InChI is InChI=1S/C13H13N3O3/c14-8-2-1-7-5-12(18)16(10(7)6-8)9-3-4-11(17)15-13(9)19/h1-2,6,9H,3-5,14H2,(H,15,17,19). The van der Waals surface area contributed by atoms with Gasteiger partial charge in [0, 0.05) is 12.1 Å².